The first-order chi connectivity index (χ1) is 12.0. The number of carbonyl (C=O) groups is 2. The summed E-state index contributed by atoms with van der Waals surface area (Å²) in [7, 11) is 0. The second-order valence-electron chi connectivity index (χ2n) is 6.23. The Labute approximate surface area is 160 Å². The minimum atomic E-state index is -0.480. The summed E-state index contributed by atoms with van der Waals surface area (Å²) < 4.78 is 0.953. The van der Waals surface area contributed by atoms with Crippen molar-refractivity contribution in [3.63, 3.8) is 0 Å². The van der Waals surface area contributed by atoms with Gasteiger partial charge in [0.25, 0.3) is 5.91 Å². The Balaban J connectivity index is 1.51. The normalized spacial score (nSPS) is 14.6. The first-order valence-electron chi connectivity index (χ1n) is 8.10. The first-order valence-corrected chi connectivity index (χ1v) is 9.27. The van der Waals surface area contributed by atoms with Crippen LogP contribution in [0.5, 0.6) is 0 Å². The lowest BCUT2D eigenvalue weighted by Gasteiger charge is -2.18. The van der Waals surface area contributed by atoms with E-state index in [4.69, 9.17) is 11.6 Å². The Kier molecular flexibility index (Phi) is 5.45. The molecule has 1 saturated carbocycles. The molecule has 0 unspecified atom stereocenters. The molecule has 1 aliphatic rings. The number of hydrogen-bond donors (Lipinski definition) is 2. The highest BCUT2D eigenvalue weighted by Gasteiger charge is 2.44. The molecule has 3 amide bonds. The highest BCUT2D eigenvalue weighted by Crippen LogP contribution is 2.53. The molecular formula is C19H18BrClN2O2. The van der Waals surface area contributed by atoms with Gasteiger partial charge >= 0.3 is 6.03 Å². The van der Waals surface area contributed by atoms with Gasteiger partial charge in [0.1, 0.15) is 0 Å². The Morgan fingerprint density at radius 3 is 2.48 bits per heavy atom. The predicted octanol–water partition coefficient (Wildman–Crippen LogP) is 4.66. The van der Waals surface area contributed by atoms with Gasteiger partial charge in [-0.25, -0.2) is 4.79 Å². The lowest BCUT2D eigenvalue weighted by atomic mass is 9.92. The molecule has 0 aromatic heterocycles. The summed E-state index contributed by atoms with van der Waals surface area (Å²) in [6.45, 7) is 0.486. The number of hydrogen-bond acceptors (Lipinski definition) is 2. The lowest BCUT2D eigenvalue weighted by molar-refractivity contribution is 0.0964. The summed E-state index contributed by atoms with van der Waals surface area (Å²) in [4.78, 5) is 23.8. The van der Waals surface area contributed by atoms with Crippen molar-refractivity contribution >= 4 is 39.5 Å². The maximum absolute atomic E-state index is 11.9. The summed E-state index contributed by atoms with van der Waals surface area (Å²) in [5.74, 6) is -0.407. The summed E-state index contributed by atoms with van der Waals surface area (Å²) >= 11 is 9.77. The average Bonchev–Trinajstić information content (AvgIpc) is 3.36. The summed E-state index contributed by atoms with van der Waals surface area (Å²) in [5.41, 5.74) is 1.62. The number of nitrogens with one attached hydrogen (secondary N) is 2. The van der Waals surface area contributed by atoms with E-state index in [0.717, 1.165) is 34.3 Å². The third-order valence-corrected chi connectivity index (χ3v) is 5.31. The molecule has 0 radical (unpaired) electrons. The second kappa shape index (κ2) is 7.58. The third kappa shape index (κ3) is 4.41. The topological polar surface area (TPSA) is 58.2 Å². The van der Waals surface area contributed by atoms with Gasteiger partial charge in [-0.2, -0.15) is 0 Å². The Hall–Kier alpha value is -1.85. The predicted molar refractivity (Wildman–Crippen MR) is 102 cm³/mol. The number of amides is 3. The van der Waals surface area contributed by atoms with Gasteiger partial charge in [0, 0.05) is 21.6 Å². The van der Waals surface area contributed by atoms with Gasteiger partial charge in [0.05, 0.1) is 0 Å². The van der Waals surface area contributed by atoms with Gasteiger partial charge in [-0.15, -0.1) is 0 Å². The van der Waals surface area contributed by atoms with Crippen LogP contribution in [0.25, 0.3) is 0 Å². The average molecular weight is 422 g/mol. The molecule has 1 aliphatic carbocycles. The van der Waals surface area contributed by atoms with Crippen molar-refractivity contribution < 1.29 is 9.59 Å². The van der Waals surface area contributed by atoms with Crippen molar-refractivity contribution in [2.24, 2.45) is 0 Å². The fraction of sp³-hybridized carbons (Fsp3) is 0.263. The molecule has 1 fully saturated rings. The van der Waals surface area contributed by atoms with Crippen molar-refractivity contribution in [1.29, 1.82) is 0 Å². The number of carbonyl (C=O) groups excluding carboxylic acids is 2. The van der Waals surface area contributed by atoms with Gasteiger partial charge in [0.2, 0.25) is 0 Å². The highest BCUT2D eigenvalue weighted by molar-refractivity contribution is 9.10. The summed E-state index contributed by atoms with van der Waals surface area (Å²) in [6, 6.07) is 14.1. The zero-order chi connectivity index (χ0) is 17.9. The van der Waals surface area contributed by atoms with E-state index in [1.807, 2.05) is 24.3 Å². The molecule has 6 heteroatoms. The van der Waals surface area contributed by atoms with Crippen molar-refractivity contribution in [1.82, 2.24) is 10.6 Å². The van der Waals surface area contributed by atoms with Gasteiger partial charge in [-0.05, 0) is 54.5 Å². The number of urea groups is 1. The number of rotatable bonds is 5. The van der Waals surface area contributed by atoms with E-state index in [-0.39, 0.29) is 5.41 Å². The second-order valence-corrected chi connectivity index (χ2v) is 7.55. The molecule has 0 spiro atoms. The van der Waals surface area contributed by atoms with E-state index in [9.17, 15) is 9.59 Å². The Morgan fingerprint density at radius 1 is 1.12 bits per heavy atom. The van der Waals surface area contributed by atoms with Crippen LogP contribution in [0.4, 0.5) is 4.79 Å². The van der Waals surface area contributed by atoms with Crippen molar-refractivity contribution in [3.8, 4) is 0 Å². The van der Waals surface area contributed by atoms with E-state index >= 15 is 0 Å². The van der Waals surface area contributed by atoms with E-state index in [1.165, 1.54) is 0 Å². The first kappa shape index (κ1) is 18.0. The quantitative estimate of drug-likeness (QED) is 0.737. The minimum Gasteiger partial charge on any atom is -0.338 e. The Bertz CT molecular complexity index is 791. The molecule has 0 aliphatic heterocycles. The van der Waals surface area contributed by atoms with Crippen LogP contribution in [0.15, 0.2) is 53.0 Å². The zero-order valence-corrected chi connectivity index (χ0v) is 15.9. The van der Waals surface area contributed by atoms with Crippen LogP contribution < -0.4 is 10.6 Å². The maximum Gasteiger partial charge on any atom is 0.321 e. The monoisotopic (exact) mass is 420 g/mol. The number of benzene rings is 2. The molecular weight excluding hydrogens is 404 g/mol. The molecule has 2 N–H and O–H groups in total. The van der Waals surface area contributed by atoms with Gasteiger partial charge in [0.15, 0.2) is 0 Å². The van der Waals surface area contributed by atoms with Crippen molar-refractivity contribution in [3.05, 3.63) is 69.2 Å². The van der Waals surface area contributed by atoms with Crippen LogP contribution >= 0.6 is 27.5 Å². The fourth-order valence-corrected chi connectivity index (χ4v) is 3.82. The van der Waals surface area contributed by atoms with Crippen LogP contribution in [0, 0.1) is 0 Å². The molecule has 3 rings (SSSR count). The molecule has 0 saturated heterocycles. The molecule has 4 nitrogen and oxygen atoms in total. The van der Waals surface area contributed by atoms with Crippen LogP contribution in [-0.4, -0.2) is 18.5 Å². The van der Waals surface area contributed by atoms with Gasteiger partial charge in [-0.1, -0.05) is 51.8 Å². The van der Waals surface area contributed by atoms with Crippen LogP contribution in [0.3, 0.4) is 0 Å². The van der Waals surface area contributed by atoms with Crippen LogP contribution in [0.1, 0.15) is 35.2 Å². The number of halogens is 2. The molecule has 130 valence electrons. The highest BCUT2D eigenvalue weighted by atomic mass is 79.9. The molecule has 0 bridgehead atoms. The van der Waals surface area contributed by atoms with Crippen molar-refractivity contribution in [2.75, 3.05) is 6.54 Å². The summed E-state index contributed by atoms with van der Waals surface area (Å²) in [6.07, 6.45) is 2.91. The standard InChI is InChI=1S/C19H18BrClN2O2/c20-14-6-7-15(16(21)12-14)19(8-9-19)10-11-22-18(25)23-17(24)13-4-2-1-3-5-13/h1-7,12H,8-11H2,(H2,22,23,24,25). The molecule has 0 atom stereocenters. The molecule has 25 heavy (non-hydrogen) atoms. The van der Waals surface area contributed by atoms with E-state index < -0.39 is 11.9 Å². The summed E-state index contributed by atoms with van der Waals surface area (Å²) in [5, 5.41) is 5.84. The lowest BCUT2D eigenvalue weighted by Crippen LogP contribution is -2.40. The molecule has 2 aromatic rings. The van der Waals surface area contributed by atoms with E-state index in [0.29, 0.717) is 12.1 Å². The third-order valence-electron chi connectivity index (χ3n) is 4.51. The molecule has 0 heterocycles. The fourth-order valence-electron chi connectivity index (χ4n) is 2.95. The Morgan fingerprint density at radius 2 is 1.84 bits per heavy atom. The minimum absolute atomic E-state index is 0.0362. The van der Waals surface area contributed by atoms with E-state index in [1.54, 1.807) is 24.3 Å². The smallest absolute Gasteiger partial charge is 0.321 e. The van der Waals surface area contributed by atoms with E-state index in [2.05, 4.69) is 26.6 Å². The largest absolute Gasteiger partial charge is 0.338 e. The van der Waals surface area contributed by atoms with Crippen LogP contribution in [-0.2, 0) is 5.41 Å². The van der Waals surface area contributed by atoms with Crippen LogP contribution in [0.2, 0.25) is 5.02 Å². The van der Waals surface area contributed by atoms with Gasteiger partial charge < -0.3 is 5.32 Å². The zero-order valence-electron chi connectivity index (χ0n) is 13.5. The maximum atomic E-state index is 11.9. The van der Waals surface area contributed by atoms with Gasteiger partial charge in [-0.3, -0.25) is 10.1 Å². The SMILES string of the molecule is O=C(NCCC1(c2ccc(Br)cc2Cl)CC1)NC(=O)c1ccccc1. The van der Waals surface area contributed by atoms with Crippen molar-refractivity contribution in [2.45, 2.75) is 24.7 Å². The number of imide groups is 1. The molecule has 2 aromatic carbocycles.